The van der Waals surface area contributed by atoms with Crippen molar-refractivity contribution >= 4 is 26.8 Å². The Balaban J connectivity index is 2.08. The quantitative estimate of drug-likeness (QED) is 0.879. The largest absolute Gasteiger partial charge is 0.393 e. The van der Waals surface area contributed by atoms with Gasteiger partial charge < -0.3 is 5.11 Å². The second-order valence-corrected chi connectivity index (χ2v) is 5.39. The van der Waals surface area contributed by atoms with E-state index in [-0.39, 0.29) is 18.0 Å². The number of aliphatic hydroxyl groups excluding tert-OH is 1. The van der Waals surface area contributed by atoms with Crippen LogP contribution in [0.4, 0.5) is 4.39 Å². The van der Waals surface area contributed by atoms with Crippen LogP contribution < -0.4 is 0 Å². The summed E-state index contributed by atoms with van der Waals surface area (Å²) in [6.45, 7) is 0. The zero-order valence-electron chi connectivity index (χ0n) is 9.11. The highest BCUT2D eigenvalue weighted by atomic mass is 79.9. The maximum absolute atomic E-state index is 13.4. The van der Waals surface area contributed by atoms with Gasteiger partial charge in [0.05, 0.1) is 28.3 Å². The van der Waals surface area contributed by atoms with Gasteiger partial charge in [0.25, 0.3) is 0 Å². The first-order chi connectivity index (χ1) is 8.15. The predicted octanol–water partition coefficient (Wildman–Crippen LogP) is 3.02. The second-order valence-electron chi connectivity index (χ2n) is 4.53. The first-order valence-corrected chi connectivity index (χ1v) is 6.45. The maximum atomic E-state index is 13.4. The minimum absolute atomic E-state index is 0.222. The Morgan fingerprint density at radius 2 is 2.24 bits per heavy atom. The van der Waals surface area contributed by atoms with E-state index >= 15 is 0 Å². The lowest BCUT2D eigenvalue weighted by atomic mass is 10.2. The fourth-order valence-corrected chi connectivity index (χ4v) is 2.82. The van der Waals surface area contributed by atoms with E-state index in [1.54, 1.807) is 12.3 Å². The van der Waals surface area contributed by atoms with Gasteiger partial charge in [0.15, 0.2) is 0 Å². The molecule has 1 aliphatic carbocycles. The summed E-state index contributed by atoms with van der Waals surface area (Å²) in [7, 11) is 0. The molecular weight excluding hydrogens is 287 g/mol. The van der Waals surface area contributed by atoms with Crippen LogP contribution in [0, 0.1) is 5.82 Å². The van der Waals surface area contributed by atoms with Crippen LogP contribution in [0.25, 0.3) is 10.9 Å². The number of fused-ring (bicyclic) bond motifs is 1. The molecule has 2 aromatic rings. The Hall–Kier alpha value is -0.940. The smallest absolute Gasteiger partial charge is 0.138 e. The fourth-order valence-electron chi connectivity index (χ4n) is 2.49. The normalized spacial score (nSPS) is 24.6. The topological polar surface area (TPSA) is 38.0 Å². The third kappa shape index (κ3) is 1.87. The van der Waals surface area contributed by atoms with Crippen LogP contribution in [0.2, 0.25) is 0 Å². The van der Waals surface area contributed by atoms with E-state index in [1.165, 1.54) is 6.07 Å². The van der Waals surface area contributed by atoms with Crippen molar-refractivity contribution in [1.82, 2.24) is 9.78 Å². The van der Waals surface area contributed by atoms with Crippen LogP contribution in [-0.4, -0.2) is 21.0 Å². The Bertz CT molecular complexity index is 569. The third-order valence-electron chi connectivity index (χ3n) is 3.36. The van der Waals surface area contributed by atoms with E-state index < -0.39 is 0 Å². The zero-order valence-corrected chi connectivity index (χ0v) is 10.7. The lowest BCUT2D eigenvalue weighted by Gasteiger charge is -2.11. The van der Waals surface area contributed by atoms with Crippen LogP contribution in [0.3, 0.4) is 0 Å². The van der Waals surface area contributed by atoms with Crippen molar-refractivity contribution in [2.45, 2.75) is 31.4 Å². The average Bonchev–Trinajstić information content (AvgIpc) is 2.86. The van der Waals surface area contributed by atoms with Crippen LogP contribution in [0.15, 0.2) is 22.8 Å². The Kier molecular flexibility index (Phi) is 2.67. The molecule has 5 heteroatoms. The molecule has 0 spiro atoms. The molecule has 2 unspecified atom stereocenters. The number of benzene rings is 1. The Labute approximate surface area is 106 Å². The molecule has 3 nitrogen and oxygen atoms in total. The zero-order chi connectivity index (χ0) is 12.0. The number of nitrogens with zero attached hydrogens (tertiary/aromatic N) is 2. The highest BCUT2D eigenvalue weighted by Gasteiger charge is 2.26. The molecule has 3 rings (SSSR count). The third-order valence-corrected chi connectivity index (χ3v) is 3.97. The number of aromatic nitrogens is 2. The van der Waals surface area contributed by atoms with Crippen molar-refractivity contribution in [2.75, 3.05) is 0 Å². The molecular formula is C12H12BrFN2O. The maximum Gasteiger partial charge on any atom is 0.138 e. The molecule has 0 aliphatic heterocycles. The van der Waals surface area contributed by atoms with Gasteiger partial charge in [-0.1, -0.05) is 0 Å². The first kappa shape index (κ1) is 11.2. The molecule has 90 valence electrons. The van der Waals surface area contributed by atoms with Crippen molar-refractivity contribution in [1.29, 1.82) is 0 Å². The van der Waals surface area contributed by atoms with Gasteiger partial charge in [0.2, 0.25) is 0 Å². The minimum atomic E-state index is -0.275. The van der Waals surface area contributed by atoms with Crippen LogP contribution in [0.5, 0.6) is 0 Å². The summed E-state index contributed by atoms with van der Waals surface area (Å²) in [5.74, 6) is -0.275. The summed E-state index contributed by atoms with van der Waals surface area (Å²) in [6.07, 6.45) is 3.91. The monoisotopic (exact) mass is 298 g/mol. The molecule has 1 aliphatic rings. The SMILES string of the molecule is OC1CCC(n2ncc3cc(F)c(Br)cc32)C1. The van der Waals surface area contributed by atoms with Crippen molar-refractivity contribution in [3.8, 4) is 0 Å². The number of halogens is 2. The molecule has 1 heterocycles. The van der Waals surface area contributed by atoms with Gasteiger partial charge in [-0.15, -0.1) is 0 Å². The second kappa shape index (κ2) is 4.07. The summed E-state index contributed by atoms with van der Waals surface area (Å²) < 4.78 is 15.7. The van der Waals surface area contributed by atoms with Crippen molar-refractivity contribution in [3.05, 3.63) is 28.6 Å². The van der Waals surface area contributed by atoms with E-state index in [1.807, 2.05) is 4.68 Å². The number of aliphatic hydroxyl groups is 1. The van der Waals surface area contributed by atoms with Gasteiger partial charge >= 0.3 is 0 Å². The lowest BCUT2D eigenvalue weighted by molar-refractivity contribution is 0.177. The van der Waals surface area contributed by atoms with E-state index in [0.29, 0.717) is 4.47 Å². The van der Waals surface area contributed by atoms with Crippen LogP contribution >= 0.6 is 15.9 Å². The van der Waals surface area contributed by atoms with Gasteiger partial charge in [-0.25, -0.2) is 4.39 Å². The predicted molar refractivity (Wildman–Crippen MR) is 66.3 cm³/mol. The highest BCUT2D eigenvalue weighted by Crippen LogP contribution is 2.33. The Morgan fingerprint density at radius 1 is 1.41 bits per heavy atom. The molecule has 0 bridgehead atoms. The van der Waals surface area contributed by atoms with Crippen molar-refractivity contribution < 1.29 is 9.50 Å². The van der Waals surface area contributed by atoms with E-state index in [0.717, 1.165) is 30.2 Å². The van der Waals surface area contributed by atoms with E-state index in [4.69, 9.17) is 0 Å². The van der Waals surface area contributed by atoms with Gasteiger partial charge in [0.1, 0.15) is 5.82 Å². The van der Waals surface area contributed by atoms with Gasteiger partial charge in [-0.2, -0.15) is 5.10 Å². The molecule has 1 saturated carbocycles. The highest BCUT2D eigenvalue weighted by molar-refractivity contribution is 9.10. The van der Waals surface area contributed by atoms with Crippen LogP contribution in [0.1, 0.15) is 25.3 Å². The minimum Gasteiger partial charge on any atom is -0.393 e. The molecule has 0 amide bonds. The standard InChI is InChI=1S/C12H12BrFN2O/c13-10-5-12-7(3-11(10)14)6-15-16(12)8-1-2-9(17)4-8/h3,5-6,8-9,17H,1-2,4H2. The fraction of sp³-hybridized carbons (Fsp3) is 0.417. The lowest BCUT2D eigenvalue weighted by Crippen LogP contribution is -2.08. The van der Waals surface area contributed by atoms with E-state index in [2.05, 4.69) is 21.0 Å². The summed E-state index contributed by atoms with van der Waals surface area (Å²) in [6, 6.07) is 3.45. The molecule has 0 radical (unpaired) electrons. The number of rotatable bonds is 1. The molecule has 1 aromatic carbocycles. The van der Waals surface area contributed by atoms with Gasteiger partial charge in [-0.3, -0.25) is 4.68 Å². The number of hydrogen-bond donors (Lipinski definition) is 1. The van der Waals surface area contributed by atoms with Gasteiger partial charge in [0, 0.05) is 5.39 Å². The van der Waals surface area contributed by atoms with Crippen molar-refractivity contribution in [2.24, 2.45) is 0 Å². The molecule has 1 fully saturated rings. The average molecular weight is 299 g/mol. The van der Waals surface area contributed by atoms with Crippen molar-refractivity contribution in [3.63, 3.8) is 0 Å². The Morgan fingerprint density at radius 3 is 2.94 bits per heavy atom. The summed E-state index contributed by atoms with van der Waals surface area (Å²) in [5.41, 5.74) is 0.914. The molecule has 17 heavy (non-hydrogen) atoms. The molecule has 2 atom stereocenters. The first-order valence-electron chi connectivity index (χ1n) is 5.65. The number of hydrogen-bond acceptors (Lipinski definition) is 2. The van der Waals surface area contributed by atoms with Gasteiger partial charge in [-0.05, 0) is 47.3 Å². The summed E-state index contributed by atoms with van der Waals surface area (Å²) in [5, 5.41) is 14.7. The molecule has 0 saturated heterocycles. The summed E-state index contributed by atoms with van der Waals surface area (Å²) >= 11 is 3.19. The summed E-state index contributed by atoms with van der Waals surface area (Å²) in [4.78, 5) is 0. The molecule has 1 N–H and O–H groups in total. The van der Waals surface area contributed by atoms with E-state index in [9.17, 15) is 9.50 Å². The molecule has 1 aromatic heterocycles. The van der Waals surface area contributed by atoms with Crippen LogP contribution in [-0.2, 0) is 0 Å².